The van der Waals surface area contributed by atoms with Crippen LogP contribution in [0.2, 0.25) is 0 Å². The molecule has 0 saturated carbocycles. The van der Waals surface area contributed by atoms with Gasteiger partial charge < -0.3 is 9.47 Å². The molecule has 2 atom stereocenters. The Morgan fingerprint density at radius 3 is 2.75 bits per heavy atom. The zero-order chi connectivity index (χ0) is 8.97. The third-order valence-corrected chi connectivity index (χ3v) is 2.19. The standard InChI is InChI=1S/C9H16O3/c1-3-7-8(12-7)5-4-6-9(10)11-2/h7-8H,3-6H2,1-2H3. The van der Waals surface area contributed by atoms with Crippen LogP contribution in [0.1, 0.15) is 32.6 Å². The minimum atomic E-state index is -0.122. The van der Waals surface area contributed by atoms with E-state index in [-0.39, 0.29) is 5.97 Å². The summed E-state index contributed by atoms with van der Waals surface area (Å²) in [5.74, 6) is -0.122. The highest BCUT2D eigenvalue weighted by Gasteiger charge is 2.35. The van der Waals surface area contributed by atoms with Crippen LogP contribution >= 0.6 is 0 Å². The quantitative estimate of drug-likeness (QED) is 0.466. The molecule has 0 aromatic carbocycles. The van der Waals surface area contributed by atoms with Gasteiger partial charge in [0.15, 0.2) is 0 Å². The number of carbonyl (C=O) groups excluding carboxylic acids is 1. The van der Waals surface area contributed by atoms with Gasteiger partial charge in [-0.25, -0.2) is 0 Å². The second-order valence-corrected chi connectivity index (χ2v) is 3.09. The van der Waals surface area contributed by atoms with Gasteiger partial charge >= 0.3 is 5.97 Å². The monoisotopic (exact) mass is 172 g/mol. The van der Waals surface area contributed by atoms with Crippen LogP contribution < -0.4 is 0 Å². The minimum Gasteiger partial charge on any atom is -0.469 e. The van der Waals surface area contributed by atoms with Crippen molar-refractivity contribution < 1.29 is 14.3 Å². The zero-order valence-corrected chi connectivity index (χ0v) is 7.71. The van der Waals surface area contributed by atoms with E-state index in [0.717, 1.165) is 19.3 Å². The minimum absolute atomic E-state index is 0.122. The Hall–Kier alpha value is -0.570. The van der Waals surface area contributed by atoms with Gasteiger partial charge in [-0.2, -0.15) is 0 Å². The second kappa shape index (κ2) is 4.45. The number of hydrogen-bond donors (Lipinski definition) is 0. The normalized spacial score (nSPS) is 26.8. The summed E-state index contributed by atoms with van der Waals surface area (Å²) in [6, 6.07) is 0. The van der Waals surface area contributed by atoms with Crippen molar-refractivity contribution in [3.63, 3.8) is 0 Å². The summed E-state index contributed by atoms with van der Waals surface area (Å²) in [6.07, 6.45) is 4.36. The summed E-state index contributed by atoms with van der Waals surface area (Å²) in [6.45, 7) is 2.12. The molecule has 1 rings (SSSR count). The van der Waals surface area contributed by atoms with Crippen molar-refractivity contribution in [3.8, 4) is 0 Å². The summed E-state index contributed by atoms with van der Waals surface area (Å²) in [4.78, 5) is 10.7. The zero-order valence-electron chi connectivity index (χ0n) is 7.71. The third kappa shape index (κ3) is 2.81. The number of methoxy groups -OCH3 is 1. The van der Waals surface area contributed by atoms with E-state index in [1.165, 1.54) is 7.11 Å². The van der Waals surface area contributed by atoms with Gasteiger partial charge in [-0.15, -0.1) is 0 Å². The Bertz CT molecular complexity index is 156. The van der Waals surface area contributed by atoms with E-state index in [0.29, 0.717) is 18.6 Å². The van der Waals surface area contributed by atoms with Gasteiger partial charge in [0.1, 0.15) is 0 Å². The van der Waals surface area contributed by atoms with E-state index in [1.807, 2.05) is 0 Å². The van der Waals surface area contributed by atoms with Gasteiger partial charge in [-0.3, -0.25) is 4.79 Å². The molecule has 0 aromatic rings. The van der Waals surface area contributed by atoms with E-state index < -0.39 is 0 Å². The van der Waals surface area contributed by atoms with Crippen LogP contribution in [-0.2, 0) is 14.3 Å². The van der Waals surface area contributed by atoms with Crippen molar-refractivity contribution in [1.82, 2.24) is 0 Å². The maximum Gasteiger partial charge on any atom is 0.305 e. The van der Waals surface area contributed by atoms with Crippen molar-refractivity contribution in [3.05, 3.63) is 0 Å². The van der Waals surface area contributed by atoms with Gasteiger partial charge in [0.05, 0.1) is 19.3 Å². The molecule has 1 heterocycles. The number of carbonyl (C=O) groups is 1. The van der Waals surface area contributed by atoms with E-state index in [4.69, 9.17) is 4.74 Å². The molecule has 3 heteroatoms. The Morgan fingerprint density at radius 1 is 1.50 bits per heavy atom. The number of ether oxygens (including phenoxy) is 2. The lowest BCUT2D eigenvalue weighted by atomic mass is 10.1. The average Bonchev–Trinajstić information content (AvgIpc) is 2.83. The Labute approximate surface area is 73.0 Å². The second-order valence-electron chi connectivity index (χ2n) is 3.09. The predicted octanol–water partition coefficient (Wildman–Crippen LogP) is 1.51. The largest absolute Gasteiger partial charge is 0.469 e. The van der Waals surface area contributed by atoms with Crippen LogP contribution in [-0.4, -0.2) is 25.3 Å². The van der Waals surface area contributed by atoms with Gasteiger partial charge in [-0.05, 0) is 19.3 Å². The SMILES string of the molecule is CCC1OC1CCCC(=O)OC. The Kier molecular flexibility index (Phi) is 3.53. The molecule has 0 amide bonds. The first-order valence-corrected chi connectivity index (χ1v) is 4.50. The van der Waals surface area contributed by atoms with Crippen molar-refractivity contribution in [2.45, 2.75) is 44.8 Å². The Balaban J connectivity index is 1.94. The van der Waals surface area contributed by atoms with E-state index in [1.54, 1.807) is 0 Å². The van der Waals surface area contributed by atoms with Crippen LogP contribution in [0.3, 0.4) is 0 Å². The van der Waals surface area contributed by atoms with Crippen molar-refractivity contribution in [2.24, 2.45) is 0 Å². The molecule has 1 fully saturated rings. The lowest BCUT2D eigenvalue weighted by molar-refractivity contribution is -0.140. The summed E-state index contributed by atoms with van der Waals surface area (Å²) < 4.78 is 9.86. The highest BCUT2D eigenvalue weighted by Crippen LogP contribution is 2.29. The van der Waals surface area contributed by atoms with Crippen LogP contribution in [0.15, 0.2) is 0 Å². The summed E-state index contributed by atoms with van der Waals surface area (Å²) in [7, 11) is 1.42. The maximum atomic E-state index is 10.7. The lowest BCUT2D eigenvalue weighted by Gasteiger charge is -1.96. The van der Waals surface area contributed by atoms with Gasteiger partial charge in [0.2, 0.25) is 0 Å². The van der Waals surface area contributed by atoms with E-state index >= 15 is 0 Å². The number of hydrogen-bond acceptors (Lipinski definition) is 3. The van der Waals surface area contributed by atoms with E-state index in [2.05, 4.69) is 11.7 Å². The molecule has 0 N–H and O–H groups in total. The fourth-order valence-electron chi connectivity index (χ4n) is 1.34. The first-order chi connectivity index (χ1) is 5.77. The van der Waals surface area contributed by atoms with E-state index in [9.17, 15) is 4.79 Å². The molecule has 1 aliphatic heterocycles. The molecule has 70 valence electrons. The highest BCUT2D eigenvalue weighted by molar-refractivity contribution is 5.68. The highest BCUT2D eigenvalue weighted by atomic mass is 16.6. The molecule has 12 heavy (non-hydrogen) atoms. The molecule has 0 aliphatic carbocycles. The first kappa shape index (κ1) is 9.52. The number of rotatable bonds is 5. The van der Waals surface area contributed by atoms with Gasteiger partial charge in [-0.1, -0.05) is 6.92 Å². The van der Waals surface area contributed by atoms with Gasteiger partial charge in [0, 0.05) is 6.42 Å². The lowest BCUT2D eigenvalue weighted by Crippen LogP contribution is -2.01. The average molecular weight is 172 g/mol. The molecular formula is C9H16O3. The summed E-state index contributed by atoms with van der Waals surface area (Å²) in [5, 5.41) is 0. The molecule has 2 unspecified atom stereocenters. The fourth-order valence-corrected chi connectivity index (χ4v) is 1.34. The molecule has 3 nitrogen and oxygen atoms in total. The summed E-state index contributed by atoms with van der Waals surface area (Å²) in [5.41, 5.74) is 0. The van der Waals surface area contributed by atoms with Crippen LogP contribution in [0, 0.1) is 0 Å². The molecule has 0 radical (unpaired) electrons. The topological polar surface area (TPSA) is 38.8 Å². The smallest absolute Gasteiger partial charge is 0.305 e. The molecule has 1 aliphatic rings. The van der Waals surface area contributed by atoms with Crippen molar-refractivity contribution >= 4 is 5.97 Å². The molecule has 0 bridgehead atoms. The number of epoxide rings is 1. The van der Waals surface area contributed by atoms with Gasteiger partial charge in [0.25, 0.3) is 0 Å². The first-order valence-electron chi connectivity index (χ1n) is 4.50. The Morgan fingerprint density at radius 2 is 2.25 bits per heavy atom. The molecule has 0 spiro atoms. The van der Waals surface area contributed by atoms with Crippen molar-refractivity contribution in [1.29, 1.82) is 0 Å². The van der Waals surface area contributed by atoms with Crippen LogP contribution in [0.25, 0.3) is 0 Å². The summed E-state index contributed by atoms with van der Waals surface area (Å²) >= 11 is 0. The van der Waals surface area contributed by atoms with Crippen molar-refractivity contribution in [2.75, 3.05) is 7.11 Å². The molecule has 1 saturated heterocycles. The molecule has 0 aromatic heterocycles. The number of esters is 1. The fraction of sp³-hybridized carbons (Fsp3) is 0.889. The molecular weight excluding hydrogens is 156 g/mol. The maximum absolute atomic E-state index is 10.7. The third-order valence-electron chi connectivity index (χ3n) is 2.19. The van der Waals surface area contributed by atoms with Crippen LogP contribution in [0.4, 0.5) is 0 Å². The van der Waals surface area contributed by atoms with Crippen LogP contribution in [0.5, 0.6) is 0 Å². The predicted molar refractivity (Wildman–Crippen MR) is 44.8 cm³/mol.